The van der Waals surface area contributed by atoms with Crippen LogP contribution in [0.2, 0.25) is 0 Å². The molecule has 4 nitrogen and oxygen atoms in total. The lowest BCUT2D eigenvalue weighted by atomic mass is 10.1. The first-order valence-electron chi connectivity index (χ1n) is 6.35. The number of nitrogens with zero attached hydrogens (tertiary/aromatic N) is 3. The van der Waals surface area contributed by atoms with Crippen molar-refractivity contribution in [3.63, 3.8) is 0 Å². The Labute approximate surface area is 112 Å². The zero-order chi connectivity index (χ0) is 13.0. The van der Waals surface area contributed by atoms with Gasteiger partial charge in [0.1, 0.15) is 12.2 Å². The van der Waals surface area contributed by atoms with E-state index in [2.05, 4.69) is 41.4 Å². The third-order valence-corrected chi connectivity index (χ3v) is 4.09. The zero-order valence-electron chi connectivity index (χ0n) is 11.2. The van der Waals surface area contributed by atoms with E-state index in [4.69, 9.17) is 0 Å². The number of hydrogen-bond donors (Lipinski definition) is 1. The SMILES string of the molecule is CCCn1ncnc1CC(NC)c1ccc(C)s1. The van der Waals surface area contributed by atoms with E-state index in [1.54, 1.807) is 6.33 Å². The van der Waals surface area contributed by atoms with Crippen LogP contribution in [0.15, 0.2) is 18.5 Å². The van der Waals surface area contributed by atoms with E-state index in [-0.39, 0.29) is 0 Å². The topological polar surface area (TPSA) is 42.7 Å². The molecule has 0 saturated heterocycles. The summed E-state index contributed by atoms with van der Waals surface area (Å²) in [5.41, 5.74) is 0. The molecule has 0 aliphatic rings. The summed E-state index contributed by atoms with van der Waals surface area (Å²) in [7, 11) is 2.00. The monoisotopic (exact) mass is 264 g/mol. The molecule has 0 amide bonds. The van der Waals surface area contributed by atoms with Crippen LogP contribution in [0.25, 0.3) is 0 Å². The van der Waals surface area contributed by atoms with Crippen LogP contribution in [0.4, 0.5) is 0 Å². The quantitative estimate of drug-likeness (QED) is 0.872. The van der Waals surface area contributed by atoms with Crippen molar-refractivity contribution in [1.82, 2.24) is 20.1 Å². The number of hydrogen-bond acceptors (Lipinski definition) is 4. The minimum Gasteiger partial charge on any atom is -0.312 e. The van der Waals surface area contributed by atoms with Crippen LogP contribution in [0.5, 0.6) is 0 Å². The molecule has 0 spiro atoms. The summed E-state index contributed by atoms with van der Waals surface area (Å²) >= 11 is 1.84. The largest absolute Gasteiger partial charge is 0.312 e. The van der Waals surface area contributed by atoms with Crippen molar-refractivity contribution in [2.45, 2.75) is 39.3 Å². The van der Waals surface area contributed by atoms with Gasteiger partial charge in [-0.25, -0.2) is 4.98 Å². The Morgan fingerprint density at radius 1 is 1.44 bits per heavy atom. The minimum absolute atomic E-state index is 0.323. The Morgan fingerprint density at radius 2 is 2.28 bits per heavy atom. The molecule has 5 heteroatoms. The Kier molecular flexibility index (Phi) is 4.49. The molecule has 2 rings (SSSR count). The molecular formula is C13H20N4S. The van der Waals surface area contributed by atoms with E-state index in [0.29, 0.717) is 6.04 Å². The maximum atomic E-state index is 4.37. The number of nitrogens with one attached hydrogen (secondary N) is 1. The van der Waals surface area contributed by atoms with Crippen molar-refractivity contribution in [1.29, 1.82) is 0 Å². The highest BCUT2D eigenvalue weighted by Crippen LogP contribution is 2.24. The van der Waals surface area contributed by atoms with Gasteiger partial charge in [-0.3, -0.25) is 4.68 Å². The molecule has 0 aliphatic carbocycles. The van der Waals surface area contributed by atoms with Crippen LogP contribution in [0.1, 0.15) is 35.0 Å². The van der Waals surface area contributed by atoms with E-state index < -0.39 is 0 Å². The number of thiophene rings is 1. The van der Waals surface area contributed by atoms with Crippen molar-refractivity contribution in [3.8, 4) is 0 Å². The van der Waals surface area contributed by atoms with E-state index >= 15 is 0 Å². The van der Waals surface area contributed by atoms with Gasteiger partial charge in [0.2, 0.25) is 0 Å². The summed E-state index contributed by atoms with van der Waals surface area (Å²) in [6.07, 6.45) is 3.62. The molecule has 0 radical (unpaired) electrons. The first kappa shape index (κ1) is 13.2. The predicted octanol–water partition coefficient (Wildman–Crippen LogP) is 2.56. The Balaban J connectivity index is 2.12. The molecule has 98 valence electrons. The molecule has 0 fully saturated rings. The molecule has 0 bridgehead atoms. The van der Waals surface area contributed by atoms with Crippen LogP contribution < -0.4 is 5.32 Å². The van der Waals surface area contributed by atoms with Crippen LogP contribution in [-0.4, -0.2) is 21.8 Å². The summed E-state index contributed by atoms with van der Waals surface area (Å²) < 4.78 is 2.00. The summed E-state index contributed by atoms with van der Waals surface area (Å²) in [6, 6.07) is 4.69. The Bertz CT molecular complexity index is 489. The third-order valence-electron chi connectivity index (χ3n) is 2.97. The number of aryl methyl sites for hydroxylation is 2. The van der Waals surface area contributed by atoms with E-state index in [1.165, 1.54) is 9.75 Å². The zero-order valence-corrected chi connectivity index (χ0v) is 12.0. The average Bonchev–Trinajstić information content (AvgIpc) is 2.96. The third kappa shape index (κ3) is 2.97. The summed E-state index contributed by atoms with van der Waals surface area (Å²) in [5.74, 6) is 1.06. The first-order valence-corrected chi connectivity index (χ1v) is 7.16. The van der Waals surface area contributed by atoms with Gasteiger partial charge in [-0.2, -0.15) is 5.10 Å². The van der Waals surface area contributed by atoms with Crippen LogP contribution in [0.3, 0.4) is 0 Å². The van der Waals surface area contributed by atoms with Gasteiger partial charge in [0.05, 0.1) is 0 Å². The lowest BCUT2D eigenvalue weighted by Gasteiger charge is -2.14. The maximum absolute atomic E-state index is 4.37. The summed E-state index contributed by atoms with van der Waals surface area (Å²) in [4.78, 5) is 7.08. The molecular weight excluding hydrogens is 244 g/mol. The molecule has 1 atom stereocenters. The highest BCUT2D eigenvalue weighted by atomic mass is 32.1. The number of aromatic nitrogens is 3. The minimum atomic E-state index is 0.323. The predicted molar refractivity (Wildman–Crippen MR) is 74.9 cm³/mol. The van der Waals surface area contributed by atoms with Gasteiger partial charge in [0.15, 0.2) is 0 Å². The maximum Gasteiger partial charge on any atom is 0.138 e. The second kappa shape index (κ2) is 6.11. The lowest BCUT2D eigenvalue weighted by molar-refractivity contribution is 0.521. The highest BCUT2D eigenvalue weighted by molar-refractivity contribution is 7.12. The van der Waals surface area contributed by atoms with Crippen molar-refractivity contribution in [2.75, 3.05) is 7.05 Å². The van der Waals surface area contributed by atoms with Gasteiger partial charge in [0, 0.05) is 28.8 Å². The molecule has 2 heterocycles. The van der Waals surface area contributed by atoms with Crippen molar-refractivity contribution < 1.29 is 0 Å². The van der Waals surface area contributed by atoms with Crippen LogP contribution >= 0.6 is 11.3 Å². The Hall–Kier alpha value is -1.20. The summed E-state index contributed by atoms with van der Waals surface area (Å²) in [6.45, 7) is 5.24. The van der Waals surface area contributed by atoms with Crippen LogP contribution in [0, 0.1) is 6.92 Å². The molecule has 18 heavy (non-hydrogen) atoms. The molecule has 1 unspecified atom stereocenters. The molecule has 0 saturated carbocycles. The van der Waals surface area contributed by atoms with Gasteiger partial charge in [-0.15, -0.1) is 11.3 Å². The molecule has 0 aromatic carbocycles. The molecule has 2 aromatic heterocycles. The fraction of sp³-hybridized carbons (Fsp3) is 0.538. The van der Waals surface area contributed by atoms with Gasteiger partial charge in [-0.05, 0) is 32.5 Å². The van der Waals surface area contributed by atoms with Gasteiger partial charge >= 0.3 is 0 Å². The molecule has 2 aromatic rings. The van der Waals surface area contributed by atoms with Gasteiger partial charge < -0.3 is 5.32 Å². The van der Waals surface area contributed by atoms with Crippen LogP contribution in [-0.2, 0) is 13.0 Å². The fourth-order valence-electron chi connectivity index (χ4n) is 2.01. The standard InChI is InChI=1S/C13H20N4S/c1-4-7-17-13(15-9-16-17)8-11(14-3)12-6-5-10(2)18-12/h5-6,9,11,14H,4,7-8H2,1-3H3. The molecule has 0 aliphatic heterocycles. The van der Waals surface area contributed by atoms with E-state index in [1.807, 2.05) is 23.1 Å². The molecule has 1 N–H and O–H groups in total. The first-order chi connectivity index (χ1) is 8.74. The smallest absolute Gasteiger partial charge is 0.138 e. The van der Waals surface area contributed by atoms with Gasteiger partial charge in [0.25, 0.3) is 0 Å². The van der Waals surface area contributed by atoms with Crippen molar-refractivity contribution in [3.05, 3.63) is 34.0 Å². The number of likely N-dealkylation sites (N-methyl/N-ethyl adjacent to an activating group) is 1. The Morgan fingerprint density at radius 3 is 2.89 bits per heavy atom. The second-order valence-electron chi connectivity index (χ2n) is 4.39. The summed E-state index contributed by atoms with van der Waals surface area (Å²) in [5, 5.41) is 7.64. The normalized spacial score (nSPS) is 12.8. The fourth-order valence-corrected chi connectivity index (χ4v) is 3.00. The van der Waals surface area contributed by atoms with E-state index in [9.17, 15) is 0 Å². The second-order valence-corrected chi connectivity index (χ2v) is 5.71. The lowest BCUT2D eigenvalue weighted by Crippen LogP contribution is -2.20. The highest BCUT2D eigenvalue weighted by Gasteiger charge is 2.15. The average molecular weight is 264 g/mol. The van der Waals surface area contributed by atoms with Crippen molar-refractivity contribution in [2.24, 2.45) is 0 Å². The number of rotatable bonds is 6. The van der Waals surface area contributed by atoms with Gasteiger partial charge in [-0.1, -0.05) is 6.92 Å². The van der Waals surface area contributed by atoms with E-state index in [0.717, 1.165) is 25.2 Å². The van der Waals surface area contributed by atoms with Crippen molar-refractivity contribution >= 4 is 11.3 Å².